The second-order valence-electron chi connectivity index (χ2n) is 8.42. The number of para-hydroxylation sites is 2. The van der Waals surface area contributed by atoms with Crippen molar-refractivity contribution in [2.24, 2.45) is 5.92 Å². The first-order chi connectivity index (χ1) is 16.0. The molecule has 0 spiro atoms. The largest absolute Gasteiger partial charge is 0.352 e. The van der Waals surface area contributed by atoms with Gasteiger partial charge < -0.3 is 10.2 Å². The van der Waals surface area contributed by atoms with Crippen LogP contribution < -0.4 is 10.2 Å². The van der Waals surface area contributed by atoms with Crippen LogP contribution >= 0.6 is 11.6 Å². The standard InChI is InChI=1S/C25H25ClN6O/c1-16-22-17(2)32(19-10-4-3-5-11-19)30-23(22)24(29-28-16)31-14-8-9-18(15-31)25(33)27-21-13-7-6-12-20(21)26/h3-7,10-13,18H,8-9,14-15H2,1-2H3,(H,27,33). The van der Waals surface area contributed by atoms with Crippen LogP contribution in [0.2, 0.25) is 5.02 Å². The van der Waals surface area contributed by atoms with Gasteiger partial charge in [-0.2, -0.15) is 10.2 Å². The van der Waals surface area contributed by atoms with Gasteiger partial charge in [-0.25, -0.2) is 4.68 Å². The van der Waals surface area contributed by atoms with Crippen LogP contribution in [-0.4, -0.2) is 39.0 Å². The van der Waals surface area contributed by atoms with Crippen molar-refractivity contribution in [2.45, 2.75) is 26.7 Å². The van der Waals surface area contributed by atoms with Crippen molar-refractivity contribution in [3.8, 4) is 5.69 Å². The molecule has 1 aliphatic heterocycles. The lowest BCUT2D eigenvalue weighted by atomic mass is 9.97. The van der Waals surface area contributed by atoms with Gasteiger partial charge in [0.15, 0.2) is 5.82 Å². The Bertz CT molecular complexity index is 1320. The fourth-order valence-corrected chi connectivity index (χ4v) is 4.71. The molecule has 4 aromatic rings. The summed E-state index contributed by atoms with van der Waals surface area (Å²) >= 11 is 6.23. The van der Waals surface area contributed by atoms with Crippen LogP contribution in [0, 0.1) is 19.8 Å². The van der Waals surface area contributed by atoms with E-state index in [9.17, 15) is 4.79 Å². The number of hydrogen-bond acceptors (Lipinski definition) is 5. The van der Waals surface area contributed by atoms with Crippen molar-refractivity contribution in [3.05, 3.63) is 71.0 Å². The molecular formula is C25H25ClN6O. The summed E-state index contributed by atoms with van der Waals surface area (Å²) < 4.78 is 1.94. The summed E-state index contributed by atoms with van der Waals surface area (Å²) in [6.07, 6.45) is 1.70. The summed E-state index contributed by atoms with van der Waals surface area (Å²) in [7, 11) is 0. The first kappa shape index (κ1) is 21.4. The fourth-order valence-electron chi connectivity index (χ4n) is 4.53. The van der Waals surface area contributed by atoms with Gasteiger partial charge in [-0.05, 0) is 51.0 Å². The Morgan fingerprint density at radius 3 is 2.61 bits per heavy atom. The molecule has 0 bridgehead atoms. The van der Waals surface area contributed by atoms with Gasteiger partial charge in [-0.3, -0.25) is 4.79 Å². The van der Waals surface area contributed by atoms with Gasteiger partial charge in [0.1, 0.15) is 5.52 Å². The Labute approximate surface area is 197 Å². The van der Waals surface area contributed by atoms with Gasteiger partial charge in [-0.1, -0.05) is 41.9 Å². The van der Waals surface area contributed by atoms with Crippen LogP contribution in [0.4, 0.5) is 11.5 Å². The molecule has 0 aliphatic carbocycles. The molecule has 8 heteroatoms. The molecule has 5 rings (SSSR count). The molecule has 1 aliphatic rings. The van der Waals surface area contributed by atoms with E-state index in [2.05, 4.69) is 27.3 Å². The van der Waals surface area contributed by atoms with E-state index in [0.717, 1.165) is 53.2 Å². The number of anilines is 2. The van der Waals surface area contributed by atoms with Crippen molar-refractivity contribution >= 4 is 39.9 Å². The highest BCUT2D eigenvalue weighted by Gasteiger charge is 2.29. The zero-order valence-electron chi connectivity index (χ0n) is 18.6. The molecular weight excluding hydrogens is 436 g/mol. The van der Waals surface area contributed by atoms with Gasteiger partial charge in [0.05, 0.1) is 39.1 Å². The van der Waals surface area contributed by atoms with E-state index in [-0.39, 0.29) is 11.8 Å². The molecule has 2 aromatic heterocycles. The minimum Gasteiger partial charge on any atom is -0.352 e. The molecule has 0 radical (unpaired) electrons. The number of carbonyl (C=O) groups excluding carboxylic acids is 1. The quantitative estimate of drug-likeness (QED) is 0.466. The highest BCUT2D eigenvalue weighted by Crippen LogP contribution is 2.32. The van der Waals surface area contributed by atoms with Gasteiger partial charge in [0.25, 0.3) is 0 Å². The van der Waals surface area contributed by atoms with Crippen molar-refractivity contribution in [1.82, 2.24) is 20.0 Å². The summed E-state index contributed by atoms with van der Waals surface area (Å²) in [5, 5.41) is 18.4. The second kappa shape index (κ2) is 8.83. The van der Waals surface area contributed by atoms with Crippen LogP contribution in [0.1, 0.15) is 24.2 Å². The van der Waals surface area contributed by atoms with E-state index in [0.29, 0.717) is 17.3 Å². The molecule has 1 amide bonds. The molecule has 1 atom stereocenters. The van der Waals surface area contributed by atoms with Crippen molar-refractivity contribution in [3.63, 3.8) is 0 Å². The Morgan fingerprint density at radius 1 is 1.06 bits per heavy atom. The van der Waals surface area contributed by atoms with E-state index in [1.165, 1.54) is 0 Å². The van der Waals surface area contributed by atoms with Crippen molar-refractivity contribution in [1.29, 1.82) is 0 Å². The third-order valence-electron chi connectivity index (χ3n) is 6.21. The number of aromatic nitrogens is 4. The molecule has 2 aromatic carbocycles. The number of aryl methyl sites for hydroxylation is 2. The number of halogens is 1. The van der Waals surface area contributed by atoms with E-state index >= 15 is 0 Å². The Hall–Kier alpha value is -3.45. The zero-order valence-corrected chi connectivity index (χ0v) is 19.4. The number of piperidine rings is 1. The molecule has 3 heterocycles. The number of benzene rings is 2. The maximum atomic E-state index is 13.0. The predicted octanol–water partition coefficient (Wildman–Crippen LogP) is 4.94. The highest BCUT2D eigenvalue weighted by molar-refractivity contribution is 6.33. The normalized spacial score (nSPS) is 16.2. The molecule has 1 N–H and O–H groups in total. The van der Waals surface area contributed by atoms with Gasteiger partial charge in [0.2, 0.25) is 5.91 Å². The lowest BCUT2D eigenvalue weighted by Crippen LogP contribution is -2.41. The molecule has 1 fully saturated rings. The number of amides is 1. The second-order valence-corrected chi connectivity index (χ2v) is 8.83. The number of rotatable bonds is 4. The lowest BCUT2D eigenvalue weighted by Gasteiger charge is -2.32. The summed E-state index contributed by atoms with van der Waals surface area (Å²) in [5.74, 6) is 0.518. The van der Waals surface area contributed by atoms with E-state index in [1.54, 1.807) is 6.07 Å². The van der Waals surface area contributed by atoms with Crippen LogP contribution in [-0.2, 0) is 4.79 Å². The summed E-state index contributed by atoms with van der Waals surface area (Å²) in [5.41, 5.74) is 4.31. The minimum atomic E-state index is -0.175. The fraction of sp³-hybridized carbons (Fsp3) is 0.280. The van der Waals surface area contributed by atoms with Crippen LogP contribution in [0.3, 0.4) is 0 Å². The Morgan fingerprint density at radius 2 is 1.82 bits per heavy atom. The van der Waals surface area contributed by atoms with Crippen molar-refractivity contribution in [2.75, 3.05) is 23.3 Å². The summed E-state index contributed by atoms with van der Waals surface area (Å²) in [6.45, 7) is 5.37. The average molecular weight is 461 g/mol. The third-order valence-corrected chi connectivity index (χ3v) is 6.54. The molecule has 1 unspecified atom stereocenters. The summed E-state index contributed by atoms with van der Waals surface area (Å²) in [4.78, 5) is 15.1. The minimum absolute atomic E-state index is 0.0323. The molecule has 1 saturated heterocycles. The first-order valence-corrected chi connectivity index (χ1v) is 11.5. The Balaban J connectivity index is 1.46. The van der Waals surface area contributed by atoms with Gasteiger partial charge >= 0.3 is 0 Å². The van der Waals surface area contributed by atoms with Gasteiger partial charge in [-0.15, -0.1) is 5.10 Å². The molecule has 0 saturated carbocycles. The number of hydrogen-bond donors (Lipinski definition) is 1. The van der Waals surface area contributed by atoms with Crippen molar-refractivity contribution < 1.29 is 4.79 Å². The number of nitrogens with one attached hydrogen (secondary N) is 1. The predicted molar refractivity (Wildman–Crippen MR) is 131 cm³/mol. The maximum absolute atomic E-state index is 13.0. The molecule has 7 nitrogen and oxygen atoms in total. The van der Waals surface area contributed by atoms with Crippen LogP contribution in [0.25, 0.3) is 16.6 Å². The SMILES string of the molecule is Cc1nnc(N2CCCC(C(=O)Nc3ccccc3Cl)C2)c2nn(-c3ccccc3)c(C)c12. The highest BCUT2D eigenvalue weighted by atomic mass is 35.5. The topological polar surface area (TPSA) is 75.9 Å². The lowest BCUT2D eigenvalue weighted by molar-refractivity contribution is -0.120. The van der Waals surface area contributed by atoms with E-state index in [1.807, 2.05) is 60.1 Å². The number of nitrogens with zero attached hydrogens (tertiary/aromatic N) is 5. The maximum Gasteiger partial charge on any atom is 0.229 e. The zero-order chi connectivity index (χ0) is 22.9. The van der Waals surface area contributed by atoms with Gasteiger partial charge in [0, 0.05) is 13.1 Å². The van der Waals surface area contributed by atoms with E-state index < -0.39 is 0 Å². The van der Waals surface area contributed by atoms with Crippen LogP contribution in [0.15, 0.2) is 54.6 Å². The number of fused-ring (bicyclic) bond motifs is 1. The molecule has 33 heavy (non-hydrogen) atoms. The van der Waals surface area contributed by atoms with E-state index in [4.69, 9.17) is 16.7 Å². The molecule has 168 valence electrons. The smallest absolute Gasteiger partial charge is 0.229 e. The Kier molecular flexibility index (Phi) is 5.72. The summed E-state index contributed by atoms with van der Waals surface area (Å²) in [6, 6.07) is 17.3. The third kappa shape index (κ3) is 4.04. The first-order valence-electron chi connectivity index (χ1n) is 11.1. The monoisotopic (exact) mass is 460 g/mol. The number of carbonyl (C=O) groups is 1. The average Bonchev–Trinajstić information content (AvgIpc) is 3.19. The van der Waals surface area contributed by atoms with Crippen LogP contribution in [0.5, 0.6) is 0 Å².